The number of hydrogen-bond donors (Lipinski definition) is 2. The van der Waals surface area contributed by atoms with Gasteiger partial charge in [-0.05, 0) is 42.7 Å². The number of amides is 2. The van der Waals surface area contributed by atoms with E-state index in [1.165, 1.54) is 5.56 Å². The molecule has 5 nitrogen and oxygen atoms in total. The van der Waals surface area contributed by atoms with E-state index in [4.69, 9.17) is 0 Å². The minimum Gasteiger partial charge on any atom is -0.361 e. The quantitative estimate of drug-likeness (QED) is 0.872. The molecule has 2 aromatic carbocycles. The van der Waals surface area contributed by atoms with Gasteiger partial charge in [-0.15, -0.1) is 0 Å². The second-order valence-electron chi connectivity index (χ2n) is 7.22. The van der Waals surface area contributed by atoms with Gasteiger partial charge in [0, 0.05) is 35.4 Å². The minimum atomic E-state index is -0.0779. The maximum Gasteiger partial charge on any atom is 0.251 e. The number of para-hydroxylation sites is 1. The van der Waals surface area contributed by atoms with E-state index in [-0.39, 0.29) is 11.8 Å². The van der Waals surface area contributed by atoms with Crippen LogP contribution >= 0.6 is 0 Å². The van der Waals surface area contributed by atoms with E-state index in [0.29, 0.717) is 29.8 Å². The summed E-state index contributed by atoms with van der Waals surface area (Å²) >= 11 is 0. The molecule has 0 radical (unpaired) electrons. The third-order valence-corrected chi connectivity index (χ3v) is 4.96. The molecule has 1 fully saturated rings. The molecule has 26 heavy (non-hydrogen) atoms. The van der Waals surface area contributed by atoms with Crippen molar-refractivity contribution in [2.45, 2.75) is 31.7 Å². The van der Waals surface area contributed by atoms with Gasteiger partial charge in [-0.2, -0.15) is 0 Å². The predicted molar refractivity (Wildman–Crippen MR) is 103 cm³/mol. The summed E-state index contributed by atoms with van der Waals surface area (Å²) in [6.07, 6.45) is 2.11. The second-order valence-corrected chi connectivity index (χ2v) is 7.22. The molecular weight excluding hydrogens is 326 g/mol. The van der Waals surface area contributed by atoms with Crippen molar-refractivity contribution in [1.29, 1.82) is 0 Å². The van der Waals surface area contributed by atoms with Crippen molar-refractivity contribution < 1.29 is 9.59 Å². The van der Waals surface area contributed by atoms with Crippen LogP contribution < -0.4 is 15.5 Å². The summed E-state index contributed by atoms with van der Waals surface area (Å²) in [5, 5.41) is 5.88. The molecular formula is C21H23N3O2. The molecule has 0 saturated heterocycles. The maximum atomic E-state index is 12.5. The summed E-state index contributed by atoms with van der Waals surface area (Å²) in [5.74, 6) is 0.271. The molecule has 0 aromatic heterocycles. The maximum absolute atomic E-state index is 12.5. The molecule has 1 aliphatic carbocycles. The highest BCUT2D eigenvalue weighted by Crippen LogP contribution is 2.35. The van der Waals surface area contributed by atoms with Gasteiger partial charge in [-0.1, -0.05) is 31.2 Å². The van der Waals surface area contributed by atoms with Crippen LogP contribution in [0.15, 0.2) is 48.5 Å². The average molecular weight is 349 g/mol. The van der Waals surface area contributed by atoms with Crippen molar-refractivity contribution in [3.63, 3.8) is 0 Å². The second kappa shape index (κ2) is 6.83. The average Bonchev–Trinajstić information content (AvgIpc) is 3.39. The van der Waals surface area contributed by atoms with Gasteiger partial charge in [0.2, 0.25) is 5.91 Å². The van der Waals surface area contributed by atoms with Crippen LogP contribution in [0.1, 0.15) is 41.6 Å². The molecule has 2 aromatic rings. The van der Waals surface area contributed by atoms with Crippen LogP contribution in [0.25, 0.3) is 0 Å². The Morgan fingerprint density at radius 1 is 1.12 bits per heavy atom. The molecule has 1 atom stereocenters. The molecule has 1 heterocycles. The zero-order valence-electron chi connectivity index (χ0n) is 14.9. The molecule has 0 spiro atoms. The molecule has 2 amide bonds. The van der Waals surface area contributed by atoms with Crippen LogP contribution in [0.5, 0.6) is 0 Å². The van der Waals surface area contributed by atoms with Gasteiger partial charge in [0.05, 0.1) is 6.54 Å². The highest BCUT2D eigenvalue weighted by Gasteiger charge is 2.26. The number of anilines is 2. The van der Waals surface area contributed by atoms with Crippen molar-refractivity contribution in [3.05, 3.63) is 59.7 Å². The molecule has 0 bridgehead atoms. The van der Waals surface area contributed by atoms with Crippen molar-refractivity contribution in [2.75, 3.05) is 23.3 Å². The van der Waals surface area contributed by atoms with Crippen LogP contribution in [0.3, 0.4) is 0 Å². The van der Waals surface area contributed by atoms with Gasteiger partial charge in [0.1, 0.15) is 0 Å². The number of hydrogen-bond acceptors (Lipinski definition) is 3. The summed E-state index contributed by atoms with van der Waals surface area (Å²) in [6, 6.07) is 15.7. The van der Waals surface area contributed by atoms with Crippen LogP contribution in [-0.4, -0.2) is 30.9 Å². The molecule has 4 rings (SSSR count). The zero-order chi connectivity index (χ0) is 18.1. The van der Waals surface area contributed by atoms with Crippen molar-refractivity contribution in [2.24, 2.45) is 0 Å². The number of fused-ring (bicyclic) bond motifs is 1. The van der Waals surface area contributed by atoms with Crippen molar-refractivity contribution in [3.8, 4) is 0 Å². The Hall–Kier alpha value is -2.82. The molecule has 2 N–H and O–H groups in total. The molecule has 1 saturated carbocycles. The first-order valence-electron chi connectivity index (χ1n) is 9.15. The van der Waals surface area contributed by atoms with Gasteiger partial charge in [-0.25, -0.2) is 0 Å². The van der Waals surface area contributed by atoms with E-state index in [1.807, 2.05) is 18.2 Å². The summed E-state index contributed by atoms with van der Waals surface area (Å²) < 4.78 is 0. The molecule has 1 unspecified atom stereocenters. The Balaban J connectivity index is 1.40. The zero-order valence-corrected chi connectivity index (χ0v) is 14.9. The third-order valence-electron chi connectivity index (χ3n) is 4.96. The van der Waals surface area contributed by atoms with E-state index in [0.717, 1.165) is 25.1 Å². The summed E-state index contributed by atoms with van der Waals surface area (Å²) in [7, 11) is 0. The van der Waals surface area contributed by atoms with E-state index in [9.17, 15) is 9.59 Å². The lowest BCUT2D eigenvalue weighted by Crippen LogP contribution is -2.32. The van der Waals surface area contributed by atoms with Crippen LogP contribution in [0.2, 0.25) is 0 Å². The van der Waals surface area contributed by atoms with Gasteiger partial charge in [0.25, 0.3) is 5.91 Å². The predicted octanol–water partition coefficient (Wildman–Crippen LogP) is 3.14. The Morgan fingerprint density at radius 2 is 1.92 bits per heavy atom. The number of benzene rings is 2. The lowest BCUT2D eigenvalue weighted by Gasteiger charge is -2.19. The fraction of sp³-hybridized carbons (Fsp3) is 0.333. The Labute approximate surface area is 153 Å². The summed E-state index contributed by atoms with van der Waals surface area (Å²) in [6.45, 7) is 3.33. The summed E-state index contributed by atoms with van der Waals surface area (Å²) in [4.78, 5) is 26.8. The van der Waals surface area contributed by atoms with Crippen LogP contribution in [0.4, 0.5) is 11.4 Å². The van der Waals surface area contributed by atoms with Gasteiger partial charge >= 0.3 is 0 Å². The van der Waals surface area contributed by atoms with E-state index >= 15 is 0 Å². The van der Waals surface area contributed by atoms with Crippen molar-refractivity contribution in [1.82, 2.24) is 5.32 Å². The first-order chi connectivity index (χ1) is 12.6. The van der Waals surface area contributed by atoms with E-state index < -0.39 is 0 Å². The largest absolute Gasteiger partial charge is 0.361 e. The van der Waals surface area contributed by atoms with Gasteiger partial charge in [0.15, 0.2) is 0 Å². The monoisotopic (exact) mass is 349 g/mol. The Morgan fingerprint density at radius 3 is 2.73 bits per heavy atom. The number of carbonyl (C=O) groups is 2. The number of nitrogens with zero attached hydrogens (tertiary/aromatic N) is 1. The first-order valence-corrected chi connectivity index (χ1v) is 9.15. The normalized spacial score (nSPS) is 18.3. The van der Waals surface area contributed by atoms with Crippen molar-refractivity contribution >= 4 is 23.2 Å². The standard InChI is InChI=1S/C21H23N3O2/c1-14-12-24(19-8-3-2-7-18(14)19)13-20(25)22-17-6-4-5-15(11-17)21(26)23-16-9-10-16/h2-8,11,14,16H,9-10,12-13H2,1H3,(H,22,25)(H,23,26). The topological polar surface area (TPSA) is 61.4 Å². The fourth-order valence-corrected chi connectivity index (χ4v) is 3.48. The van der Waals surface area contributed by atoms with E-state index in [2.05, 4.69) is 34.6 Å². The molecule has 2 aliphatic rings. The third kappa shape index (κ3) is 3.57. The highest BCUT2D eigenvalue weighted by atomic mass is 16.2. The highest BCUT2D eigenvalue weighted by molar-refractivity contribution is 5.98. The SMILES string of the molecule is CC1CN(CC(=O)Nc2cccc(C(=O)NC3CC3)c2)c2ccccc21. The molecule has 134 valence electrons. The van der Waals surface area contributed by atoms with Gasteiger partial charge < -0.3 is 15.5 Å². The lowest BCUT2D eigenvalue weighted by molar-refractivity contribution is -0.115. The van der Waals surface area contributed by atoms with Crippen LogP contribution in [-0.2, 0) is 4.79 Å². The lowest BCUT2D eigenvalue weighted by atomic mass is 10.0. The molecule has 5 heteroatoms. The Bertz CT molecular complexity index is 845. The minimum absolute atomic E-state index is 0.0753. The summed E-state index contributed by atoms with van der Waals surface area (Å²) in [5.41, 5.74) is 3.65. The first kappa shape index (κ1) is 16.6. The van der Waals surface area contributed by atoms with Gasteiger partial charge in [-0.3, -0.25) is 9.59 Å². The smallest absolute Gasteiger partial charge is 0.251 e. The van der Waals surface area contributed by atoms with Crippen LogP contribution in [0, 0.1) is 0 Å². The number of rotatable bonds is 5. The number of nitrogens with one attached hydrogen (secondary N) is 2. The fourth-order valence-electron chi connectivity index (χ4n) is 3.48. The van der Waals surface area contributed by atoms with E-state index in [1.54, 1.807) is 18.2 Å². The number of carbonyl (C=O) groups excluding carboxylic acids is 2. The molecule has 1 aliphatic heterocycles. The Kier molecular flexibility index (Phi) is 4.37.